The van der Waals surface area contributed by atoms with Gasteiger partial charge in [0.2, 0.25) is 0 Å². The van der Waals surface area contributed by atoms with Crippen LogP contribution in [-0.2, 0) is 12.4 Å². The fraction of sp³-hybridized carbons (Fsp3) is 0.562. The number of aryl methyl sites for hydroxylation is 1. The fourth-order valence-corrected chi connectivity index (χ4v) is 3.47. The summed E-state index contributed by atoms with van der Waals surface area (Å²) in [6.07, 6.45) is 6.88. The summed E-state index contributed by atoms with van der Waals surface area (Å²) in [5.41, 5.74) is 3.61. The highest BCUT2D eigenvalue weighted by Gasteiger charge is 2.18. The SMILES string of the molecule is Cc1cccc2c1nc(CCl)n2CC1CCCCC1. The van der Waals surface area contributed by atoms with Gasteiger partial charge >= 0.3 is 0 Å². The number of hydrogen-bond donors (Lipinski definition) is 0. The van der Waals surface area contributed by atoms with Gasteiger partial charge in [-0.1, -0.05) is 31.4 Å². The zero-order chi connectivity index (χ0) is 13.2. The van der Waals surface area contributed by atoms with Crippen LogP contribution in [0.15, 0.2) is 18.2 Å². The Labute approximate surface area is 119 Å². The highest BCUT2D eigenvalue weighted by Crippen LogP contribution is 2.28. The minimum absolute atomic E-state index is 0.501. The third-order valence-electron chi connectivity index (χ3n) is 4.34. The lowest BCUT2D eigenvalue weighted by molar-refractivity contribution is 0.320. The van der Waals surface area contributed by atoms with Gasteiger partial charge in [0.25, 0.3) is 0 Å². The van der Waals surface area contributed by atoms with Gasteiger partial charge in [0, 0.05) is 6.54 Å². The molecular formula is C16H21ClN2. The van der Waals surface area contributed by atoms with Gasteiger partial charge in [-0.05, 0) is 37.3 Å². The van der Waals surface area contributed by atoms with Crippen molar-refractivity contribution in [1.82, 2.24) is 9.55 Å². The van der Waals surface area contributed by atoms with Gasteiger partial charge < -0.3 is 4.57 Å². The lowest BCUT2D eigenvalue weighted by Crippen LogP contribution is -2.15. The highest BCUT2D eigenvalue weighted by molar-refractivity contribution is 6.16. The van der Waals surface area contributed by atoms with Crippen LogP contribution in [0.3, 0.4) is 0 Å². The van der Waals surface area contributed by atoms with Crippen molar-refractivity contribution in [2.24, 2.45) is 5.92 Å². The normalized spacial score (nSPS) is 17.2. The van der Waals surface area contributed by atoms with Crippen LogP contribution >= 0.6 is 11.6 Å². The van der Waals surface area contributed by atoms with Crippen LogP contribution < -0.4 is 0 Å². The lowest BCUT2D eigenvalue weighted by Gasteiger charge is -2.23. The molecule has 3 heteroatoms. The number of halogens is 1. The number of rotatable bonds is 3. The summed E-state index contributed by atoms with van der Waals surface area (Å²) < 4.78 is 2.35. The molecule has 1 fully saturated rings. The van der Waals surface area contributed by atoms with Crippen molar-refractivity contribution < 1.29 is 0 Å². The Balaban J connectivity index is 1.98. The Morgan fingerprint density at radius 3 is 2.79 bits per heavy atom. The maximum absolute atomic E-state index is 6.09. The predicted octanol–water partition coefficient (Wildman–Crippen LogP) is 4.66. The molecule has 3 rings (SSSR count). The molecule has 102 valence electrons. The van der Waals surface area contributed by atoms with E-state index in [-0.39, 0.29) is 0 Å². The van der Waals surface area contributed by atoms with E-state index >= 15 is 0 Å². The molecule has 2 nitrogen and oxygen atoms in total. The molecule has 0 saturated heterocycles. The number of alkyl halides is 1. The van der Waals surface area contributed by atoms with Crippen LogP contribution in [0.2, 0.25) is 0 Å². The smallest absolute Gasteiger partial charge is 0.124 e. The largest absolute Gasteiger partial charge is 0.327 e. The average Bonchev–Trinajstić information content (AvgIpc) is 2.80. The third-order valence-corrected chi connectivity index (χ3v) is 4.58. The van der Waals surface area contributed by atoms with Crippen LogP contribution in [0.4, 0.5) is 0 Å². The van der Waals surface area contributed by atoms with Crippen molar-refractivity contribution in [2.75, 3.05) is 0 Å². The second-order valence-corrected chi connectivity index (χ2v) is 5.99. The molecule has 1 aromatic carbocycles. The van der Waals surface area contributed by atoms with Crippen LogP contribution in [0, 0.1) is 12.8 Å². The van der Waals surface area contributed by atoms with Gasteiger partial charge in [0.1, 0.15) is 5.82 Å². The van der Waals surface area contributed by atoms with E-state index in [1.807, 2.05) is 0 Å². The Morgan fingerprint density at radius 1 is 1.26 bits per heavy atom. The summed E-state index contributed by atoms with van der Waals surface area (Å²) in [5.74, 6) is 2.33. The molecule has 1 aliphatic carbocycles. The van der Waals surface area contributed by atoms with Crippen molar-refractivity contribution in [3.63, 3.8) is 0 Å². The van der Waals surface area contributed by atoms with Crippen LogP contribution in [0.5, 0.6) is 0 Å². The van der Waals surface area contributed by atoms with E-state index in [1.54, 1.807) is 0 Å². The Kier molecular flexibility index (Phi) is 3.79. The molecule has 1 aromatic heterocycles. The highest BCUT2D eigenvalue weighted by atomic mass is 35.5. The summed E-state index contributed by atoms with van der Waals surface area (Å²) in [6, 6.07) is 6.42. The predicted molar refractivity (Wildman–Crippen MR) is 80.6 cm³/mol. The number of para-hydroxylation sites is 1. The molecule has 2 aromatic rings. The molecule has 1 saturated carbocycles. The van der Waals surface area contributed by atoms with E-state index < -0.39 is 0 Å². The van der Waals surface area contributed by atoms with E-state index in [1.165, 1.54) is 43.2 Å². The van der Waals surface area contributed by atoms with Crippen LogP contribution in [0.1, 0.15) is 43.5 Å². The maximum Gasteiger partial charge on any atom is 0.124 e. The Hall–Kier alpha value is -1.02. The molecule has 0 atom stereocenters. The molecule has 0 amide bonds. The molecule has 0 N–H and O–H groups in total. The summed E-state index contributed by atoms with van der Waals surface area (Å²) in [6.45, 7) is 3.21. The Morgan fingerprint density at radius 2 is 2.05 bits per heavy atom. The average molecular weight is 277 g/mol. The third kappa shape index (κ3) is 2.51. The Bertz CT molecular complexity index is 567. The maximum atomic E-state index is 6.09. The number of benzene rings is 1. The zero-order valence-corrected chi connectivity index (χ0v) is 12.3. The van der Waals surface area contributed by atoms with Crippen LogP contribution in [0.25, 0.3) is 11.0 Å². The topological polar surface area (TPSA) is 17.8 Å². The van der Waals surface area contributed by atoms with Crippen molar-refractivity contribution in [1.29, 1.82) is 0 Å². The van der Waals surface area contributed by atoms with Crippen LogP contribution in [-0.4, -0.2) is 9.55 Å². The number of nitrogens with zero attached hydrogens (tertiary/aromatic N) is 2. The summed E-state index contributed by atoms with van der Waals surface area (Å²) in [5, 5.41) is 0. The first kappa shape index (κ1) is 13.0. The van der Waals surface area contributed by atoms with E-state index in [0.717, 1.165) is 23.8 Å². The molecular weight excluding hydrogens is 256 g/mol. The van der Waals surface area contributed by atoms with Gasteiger partial charge in [0.05, 0.1) is 16.9 Å². The summed E-state index contributed by atoms with van der Waals surface area (Å²) in [4.78, 5) is 4.73. The van der Waals surface area contributed by atoms with Gasteiger partial charge in [-0.25, -0.2) is 4.98 Å². The molecule has 0 bridgehead atoms. The first-order valence-electron chi connectivity index (χ1n) is 7.30. The van der Waals surface area contributed by atoms with Gasteiger partial charge in [-0.3, -0.25) is 0 Å². The second-order valence-electron chi connectivity index (χ2n) is 5.72. The van der Waals surface area contributed by atoms with E-state index in [9.17, 15) is 0 Å². The second kappa shape index (κ2) is 5.54. The number of aromatic nitrogens is 2. The number of hydrogen-bond acceptors (Lipinski definition) is 1. The quantitative estimate of drug-likeness (QED) is 0.745. The summed E-state index contributed by atoms with van der Waals surface area (Å²) >= 11 is 6.09. The minimum atomic E-state index is 0.501. The number of imidazole rings is 1. The summed E-state index contributed by atoms with van der Waals surface area (Å²) in [7, 11) is 0. The number of fused-ring (bicyclic) bond motifs is 1. The van der Waals surface area contributed by atoms with E-state index in [2.05, 4.69) is 29.7 Å². The van der Waals surface area contributed by atoms with Gasteiger partial charge in [0.15, 0.2) is 0 Å². The standard InChI is InChI=1S/C16H21ClN2/c1-12-6-5-9-14-16(12)18-15(10-17)19(14)11-13-7-3-2-4-8-13/h5-6,9,13H,2-4,7-8,10-11H2,1H3. The van der Waals surface area contributed by atoms with Crippen molar-refractivity contribution >= 4 is 22.6 Å². The van der Waals surface area contributed by atoms with Gasteiger partial charge in [-0.15, -0.1) is 11.6 Å². The molecule has 19 heavy (non-hydrogen) atoms. The van der Waals surface area contributed by atoms with Crippen molar-refractivity contribution in [3.05, 3.63) is 29.6 Å². The lowest BCUT2D eigenvalue weighted by atomic mass is 9.89. The van der Waals surface area contributed by atoms with Crippen molar-refractivity contribution in [3.8, 4) is 0 Å². The van der Waals surface area contributed by atoms with E-state index in [4.69, 9.17) is 16.6 Å². The molecule has 0 unspecified atom stereocenters. The monoisotopic (exact) mass is 276 g/mol. The minimum Gasteiger partial charge on any atom is -0.327 e. The first-order chi connectivity index (χ1) is 9.29. The molecule has 1 aliphatic rings. The fourth-order valence-electron chi connectivity index (χ4n) is 3.27. The molecule has 0 spiro atoms. The molecule has 1 heterocycles. The van der Waals surface area contributed by atoms with E-state index in [0.29, 0.717) is 5.88 Å². The molecule has 0 aliphatic heterocycles. The van der Waals surface area contributed by atoms with Crippen molar-refractivity contribution in [2.45, 2.75) is 51.5 Å². The zero-order valence-electron chi connectivity index (χ0n) is 11.5. The first-order valence-corrected chi connectivity index (χ1v) is 7.83. The molecule has 0 radical (unpaired) electrons. The van der Waals surface area contributed by atoms with Gasteiger partial charge in [-0.2, -0.15) is 0 Å².